The Labute approximate surface area is 99.9 Å². The van der Waals surface area contributed by atoms with E-state index in [9.17, 15) is 4.79 Å². The Morgan fingerprint density at radius 1 is 1.62 bits per heavy atom. The molecule has 0 heterocycles. The molecule has 3 nitrogen and oxygen atoms in total. The summed E-state index contributed by atoms with van der Waals surface area (Å²) in [6.45, 7) is 3.60. The summed E-state index contributed by atoms with van der Waals surface area (Å²) in [6.07, 6.45) is 1.78. The van der Waals surface area contributed by atoms with Gasteiger partial charge in [0.2, 0.25) is 5.91 Å². The molecule has 0 aliphatic carbocycles. The van der Waals surface area contributed by atoms with Crippen LogP contribution in [0.3, 0.4) is 0 Å². The molecule has 16 heavy (non-hydrogen) atoms. The lowest BCUT2D eigenvalue weighted by atomic mass is 10.3. The normalized spacial score (nSPS) is 9.56. The van der Waals surface area contributed by atoms with Crippen molar-refractivity contribution < 1.29 is 9.53 Å². The van der Waals surface area contributed by atoms with E-state index in [1.54, 1.807) is 19.3 Å². The zero-order valence-corrected chi connectivity index (χ0v) is 10.0. The summed E-state index contributed by atoms with van der Waals surface area (Å²) < 4.78 is 5.07. The van der Waals surface area contributed by atoms with Crippen molar-refractivity contribution in [1.29, 1.82) is 0 Å². The quantitative estimate of drug-likeness (QED) is 0.610. The van der Waals surface area contributed by atoms with Crippen molar-refractivity contribution in [3.05, 3.63) is 36.9 Å². The Balaban J connectivity index is 2.45. The van der Waals surface area contributed by atoms with E-state index >= 15 is 0 Å². The van der Waals surface area contributed by atoms with Gasteiger partial charge in [-0.05, 0) is 12.1 Å². The number of anilines is 1. The highest BCUT2D eigenvalue weighted by atomic mass is 32.2. The van der Waals surface area contributed by atoms with Gasteiger partial charge in [-0.3, -0.25) is 4.79 Å². The minimum absolute atomic E-state index is 0.0138. The zero-order chi connectivity index (χ0) is 11.8. The highest BCUT2D eigenvalue weighted by Gasteiger charge is 2.02. The van der Waals surface area contributed by atoms with Crippen molar-refractivity contribution in [3.63, 3.8) is 0 Å². The van der Waals surface area contributed by atoms with E-state index in [1.165, 1.54) is 11.8 Å². The number of ether oxygens (including phenoxy) is 1. The molecule has 0 fully saturated rings. The Bertz CT molecular complexity index is 366. The average molecular weight is 237 g/mol. The molecule has 1 aromatic rings. The third-order valence-corrected chi connectivity index (χ3v) is 2.76. The SMILES string of the molecule is C=CCSCC(=O)Nc1cccc(OC)c1. The number of thioether (sulfide) groups is 1. The number of carbonyl (C=O) groups excluding carboxylic acids is 1. The van der Waals surface area contributed by atoms with Crippen molar-refractivity contribution in [2.24, 2.45) is 0 Å². The summed E-state index contributed by atoms with van der Waals surface area (Å²) in [5.41, 5.74) is 0.753. The summed E-state index contributed by atoms with van der Waals surface area (Å²) in [5, 5.41) is 2.80. The average Bonchev–Trinajstić information content (AvgIpc) is 2.29. The lowest BCUT2D eigenvalue weighted by molar-refractivity contribution is -0.113. The molecule has 0 aliphatic rings. The van der Waals surface area contributed by atoms with Gasteiger partial charge in [-0.1, -0.05) is 12.1 Å². The predicted molar refractivity (Wildman–Crippen MR) is 69.1 cm³/mol. The molecule has 0 bridgehead atoms. The molecule has 1 amide bonds. The van der Waals surface area contributed by atoms with Gasteiger partial charge in [0.1, 0.15) is 5.75 Å². The van der Waals surface area contributed by atoms with Crippen molar-refractivity contribution in [1.82, 2.24) is 0 Å². The Morgan fingerprint density at radius 3 is 3.12 bits per heavy atom. The van der Waals surface area contributed by atoms with Crippen LogP contribution in [0.4, 0.5) is 5.69 Å². The van der Waals surface area contributed by atoms with E-state index in [1.807, 2.05) is 18.2 Å². The maximum absolute atomic E-state index is 11.5. The molecular weight excluding hydrogens is 222 g/mol. The fraction of sp³-hybridized carbons (Fsp3) is 0.250. The second kappa shape index (κ2) is 6.95. The van der Waals surface area contributed by atoms with E-state index < -0.39 is 0 Å². The topological polar surface area (TPSA) is 38.3 Å². The number of carbonyl (C=O) groups is 1. The van der Waals surface area contributed by atoms with E-state index in [2.05, 4.69) is 11.9 Å². The molecule has 0 saturated carbocycles. The molecule has 0 saturated heterocycles. The van der Waals surface area contributed by atoms with E-state index in [0.29, 0.717) is 5.75 Å². The van der Waals surface area contributed by atoms with Gasteiger partial charge in [0.05, 0.1) is 12.9 Å². The van der Waals surface area contributed by atoms with E-state index in [-0.39, 0.29) is 5.91 Å². The first-order chi connectivity index (χ1) is 7.76. The number of methoxy groups -OCH3 is 1. The fourth-order valence-electron chi connectivity index (χ4n) is 1.13. The van der Waals surface area contributed by atoms with Gasteiger partial charge in [0.15, 0.2) is 0 Å². The lowest BCUT2D eigenvalue weighted by Crippen LogP contribution is -2.14. The Kier molecular flexibility index (Phi) is 5.50. The number of hydrogen-bond donors (Lipinski definition) is 1. The Morgan fingerprint density at radius 2 is 2.44 bits per heavy atom. The highest BCUT2D eigenvalue weighted by molar-refractivity contribution is 8.00. The van der Waals surface area contributed by atoms with E-state index in [4.69, 9.17) is 4.74 Å². The standard InChI is InChI=1S/C12H15NO2S/c1-3-7-16-9-12(14)13-10-5-4-6-11(8-10)15-2/h3-6,8H,1,7,9H2,2H3,(H,13,14). The maximum Gasteiger partial charge on any atom is 0.234 e. The summed E-state index contributed by atoms with van der Waals surface area (Å²) >= 11 is 1.53. The van der Waals surface area contributed by atoms with Crippen LogP contribution in [0.15, 0.2) is 36.9 Å². The second-order valence-electron chi connectivity index (χ2n) is 3.08. The van der Waals surface area contributed by atoms with Gasteiger partial charge >= 0.3 is 0 Å². The molecule has 0 aliphatic heterocycles. The largest absolute Gasteiger partial charge is 0.497 e. The van der Waals surface area contributed by atoms with Crippen molar-refractivity contribution in [2.45, 2.75) is 0 Å². The molecule has 0 atom stereocenters. The van der Waals surface area contributed by atoms with Crippen LogP contribution >= 0.6 is 11.8 Å². The molecular formula is C12H15NO2S. The number of hydrogen-bond acceptors (Lipinski definition) is 3. The van der Waals surface area contributed by atoms with Crippen molar-refractivity contribution >= 4 is 23.4 Å². The third-order valence-electron chi connectivity index (χ3n) is 1.82. The van der Waals surface area contributed by atoms with Crippen molar-refractivity contribution in [2.75, 3.05) is 23.9 Å². The summed E-state index contributed by atoms with van der Waals surface area (Å²) in [7, 11) is 1.60. The summed E-state index contributed by atoms with van der Waals surface area (Å²) in [5.74, 6) is 1.94. The van der Waals surface area contributed by atoms with Crippen LogP contribution in [-0.4, -0.2) is 24.5 Å². The van der Waals surface area contributed by atoms with E-state index in [0.717, 1.165) is 17.2 Å². The molecule has 4 heteroatoms. The molecule has 1 aromatic carbocycles. The lowest BCUT2D eigenvalue weighted by Gasteiger charge is -2.06. The summed E-state index contributed by atoms with van der Waals surface area (Å²) in [4.78, 5) is 11.5. The molecule has 0 unspecified atom stereocenters. The van der Waals surface area contributed by atoms with Crippen LogP contribution in [0.25, 0.3) is 0 Å². The monoisotopic (exact) mass is 237 g/mol. The smallest absolute Gasteiger partial charge is 0.234 e. The number of nitrogens with one attached hydrogen (secondary N) is 1. The fourth-order valence-corrected chi connectivity index (χ4v) is 1.67. The first-order valence-corrected chi connectivity index (χ1v) is 6.04. The van der Waals surface area contributed by atoms with Crippen LogP contribution in [0.2, 0.25) is 0 Å². The van der Waals surface area contributed by atoms with Gasteiger partial charge in [-0.25, -0.2) is 0 Å². The minimum Gasteiger partial charge on any atom is -0.497 e. The van der Waals surface area contributed by atoms with Gasteiger partial charge < -0.3 is 10.1 Å². The van der Waals surface area contributed by atoms with Gasteiger partial charge in [0.25, 0.3) is 0 Å². The molecule has 0 spiro atoms. The number of benzene rings is 1. The first kappa shape index (κ1) is 12.6. The molecule has 1 rings (SSSR count). The van der Waals surface area contributed by atoms with Gasteiger partial charge in [0, 0.05) is 17.5 Å². The predicted octanol–water partition coefficient (Wildman–Crippen LogP) is 2.55. The molecule has 0 aromatic heterocycles. The Hall–Kier alpha value is -1.42. The molecule has 1 N–H and O–H groups in total. The number of amides is 1. The molecule has 0 radical (unpaired) electrons. The van der Waals surface area contributed by atoms with Crippen molar-refractivity contribution in [3.8, 4) is 5.75 Å². The molecule has 86 valence electrons. The van der Waals surface area contributed by atoms with Crippen LogP contribution in [-0.2, 0) is 4.79 Å². The van der Waals surface area contributed by atoms with Crippen LogP contribution in [0.1, 0.15) is 0 Å². The summed E-state index contributed by atoms with van der Waals surface area (Å²) in [6, 6.07) is 7.29. The van der Waals surface area contributed by atoms with Gasteiger partial charge in [-0.15, -0.1) is 18.3 Å². The number of rotatable bonds is 6. The van der Waals surface area contributed by atoms with Gasteiger partial charge in [-0.2, -0.15) is 0 Å². The minimum atomic E-state index is -0.0138. The maximum atomic E-state index is 11.5. The second-order valence-corrected chi connectivity index (χ2v) is 4.11. The van der Waals surface area contributed by atoms with Crippen LogP contribution < -0.4 is 10.1 Å². The zero-order valence-electron chi connectivity index (χ0n) is 9.23. The van der Waals surface area contributed by atoms with Crippen LogP contribution in [0, 0.1) is 0 Å². The third kappa shape index (κ3) is 4.40. The van der Waals surface area contributed by atoms with Crippen LogP contribution in [0.5, 0.6) is 5.75 Å². The highest BCUT2D eigenvalue weighted by Crippen LogP contribution is 2.16. The first-order valence-electron chi connectivity index (χ1n) is 4.89.